The van der Waals surface area contributed by atoms with Gasteiger partial charge in [-0.15, -0.1) is 0 Å². The summed E-state index contributed by atoms with van der Waals surface area (Å²) >= 11 is 0. The molecule has 3 heteroatoms. The van der Waals surface area contributed by atoms with Gasteiger partial charge in [0.25, 0.3) is 0 Å². The molecule has 0 unspecified atom stereocenters. The molecule has 1 radical (unpaired) electrons. The van der Waals surface area contributed by atoms with Crippen LogP contribution >= 0.6 is 0 Å². The molecule has 0 saturated carbocycles. The van der Waals surface area contributed by atoms with E-state index in [4.69, 9.17) is 0 Å². The van der Waals surface area contributed by atoms with Crippen molar-refractivity contribution in [3.05, 3.63) is 42.7 Å². The summed E-state index contributed by atoms with van der Waals surface area (Å²) in [6.45, 7) is 3.18. The molecule has 0 saturated heterocycles. The van der Waals surface area contributed by atoms with Crippen molar-refractivity contribution < 1.29 is 4.39 Å². The fraction of sp³-hybridized carbons (Fsp3) is 0.111. The molecule has 2 aromatic rings. The third kappa shape index (κ3) is 0.897. The van der Waals surface area contributed by atoms with Crippen LogP contribution in [0.3, 0.4) is 0 Å². The van der Waals surface area contributed by atoms with Crippen LogP contribution in [0, 0.1) is 6.92 Å². The second-order valence-electron chi connectivity index (χ2n) is 2.57. The SMILES string of the molecule is [CH2]c1c(CF)nc2ccccn12. The van der Waals surface area contributed by atoms with E-state index < -0.39 is 6.67 Å². The molecule has 2 aromatic heterocycles. The Morgan fingerprint density at radius 1 is 1.50 bits per heavy atom. The van der Waals surface area contributed by atoms with Gasteiger partial charge in [-0.3, -0.25) is 0 Å². The predicted molar refractivity (Wildman–Crippen MR) is 44.5 cm³/mol. The van der Waals surface area contributed by atoms with Crippen LogP contribution in [0.25, 0.3) is 5.65 Å². The lowest BCUT2D eigenvalue weighted by molar-refractivity contribution is 0.476. The first-order valence-electron chi connectivity index (χ1n) is 3.67. The van der Waals surface area contributed by atoms with Crippen LogP contribution < -0.4 is 0 Å². The van der Waals surface area contributed by atoms with Gasteiger partial charge in [0.1, 0.15) is 12.3 Å². The highest BCUT2D eigenvalue weighted by Crippen LogP contribution is 2.11. The lowest BCUT2D eigenvalue weighted by Crippen LogP contribution is -1.86. The molecule has 2 nitrogen and oxygen atoms in total. The minimum absolute atomic E-state index is 0.418. The molecule has 0 aliphatic carbocycles. The standard InChI is InChI=1S/C9H8FN2/c1-7-8(6-10)11-9-4-2-3-5-12(7)9/h2-5H,1,6H2. The van der Waals surface area contributed by atoms with Crippen molar-refractivity contribution in [2.75, 3.05) is 0 Å². The second-order valence-corrected chi connectivity index (χ2v) is 2.57. The van der Waals surface area contributed by atoms with Gasteiger partial charge in [0.05, 0.1) is 5.69 Å². The molecule has 0 aliphatic heterocycles. The first-order valence-corrected chi connectivity index (χ1v) is 3.67. The van der Waals surface area contributed by atoms with E-state index in [2.05, 4.69) is 11.9 Å². The van der Waals surface area contributed by atoms with Crippen molar-refractivity contribution in [1.82, 2.24) is 9.38 Å². The van der Waals surface area contributed by atoms with Gasteiger partial charge in [-0.05, 0) is 19.1 Å². The zero-order valence-electron chi connectivity index (χ0n) is 6.50. The van der Waals surface area contributed by atoms with Crippen LogP contribution in [0.5, 0.6) is 0 Å². The normalized spacial score (nSPS) is 10.8. The average molecular weight is 163 g/mol. The summed E-state index contributed by atoms with van der Waals surface area (Å²) in [7, 11) is 0. The van der Waals surface area contributed by atoms with E-state index in [9.17, 15) is 4.39 Å². The largest absolute Gasteiger partial charge is 0.304 e. The van der Waals surface area contributed by atoms with Crippen molar-refractivity contribution in [3.8, 4) is 0 Å². The van der Waals surface area contributed by atoms with Crippen molar-refractivity contribution >= 4 is 5.65 Å². The maximum Gasteiger partial charge on any atom is 0.137 e. The minimum atomic E-state index is -0.555. The van der Waals surface area contributed by atoms with E-state index in [-0.39, 0.29) is 0 Å². The molecule has 12 heavy (non-hydrogen) atoms. The molecule has 0 aromatic carbocycles. The zero-order valence-corrected chi connectivity index (χ0v) is 6.50. The van der Waals surface area contributed by atoms with Crippen molar-refractivity contribution in [2.24, 2.45) is 0 Å². The Bertz CT molecular complexity index is 406. The van der Waals surface area contributed by atoms with E-state index in [0.717, 1.165) is 5.65 Å². The molecule has 61 valence electrons. The Morgan fingerprint density at radius 2 is 2.33 bits per heavy atom. The zero-order chi connectivity index (χ0) is 8.55. The lowest BCUT2D eigenvalue weighted by atomic mass is 10.4. The second kappa shape index (κ2) is 2.59. The Morgan fingerprint density at radius 3 is 3.00 bits per heavy atom. The number of pyridine rings is 1. The Kier molecular flexibility index (Phi) is 1.57. The van der Waals surface area contributed by atoms with E-state index in [0.29, 0.717) is 11.4 Å². The molecular weight excluding hydrogens is 155 g/mol. The van der Waals surface area contributed by atoms with E-state index >= 15 is 0 Å². The molecule has 0 bridgehead atoms. The molecular formula is C9H8FN2. The monoisotopic (exact) mass is 163 g/mol. The summed E-state index contributed by atoms with van der Waals surface area (Å²) in [6, 6.07) is 5.56. The quantitative estimate of drug-likeness (QED) is 0.628. The first-order chi connectivity index (χ1) is 5.83. The molecule has 0 amide bonds. The van der Waals surface area contributed by atoms with Crippen molar-refractivity contribution in [2.45, 2.75) is 6.67 Å². The Balaban J connectivity index is 2.78. The number of halogens is 1. The smallest absolute Gasteiger partial charge is 0.137 e. The highest BCUT2D eigenvalue weighted by atomic mass is 19.1. The minimum Gasteiger partial charge on any atom is -0.304 e. The molecule has 0 N–H and O–H groups in total. The first kappa shape index (κ1) is 7.28. The van der Waals surface area contributed by atoms with E-state index in [1.165, 1.54) is 0 Å². The lowest BCUT2D eigenvalue weighted by Gasteiger charge is -1.93. The number of rotatable bonds is 1. The van der Waals surface area contributed by atoms with Crippen molar-refractivity contribution in [1.29, 1.82) is 0 Å². The number of aromatic nitrogens is 2. The van der Waals surface area contributed by atoms with Crippen LogP contribution in [-0.4, -0.2) is 9.38 Å². The van der Waals surface area contributed by atoms with Crippen LogP contribution in [-0.2, 0) is 6.67 Å². The Hall–Kier alpha value is -1.38. The highest BCUT2D eigenvalue weighted by molar-refractivity contribution is 5.43. The maximum absolute atomic E-state index is 12.3. The summed E-state index contributed by atoms with van der Waals surface area (Å²) < 4.78 is 14.1. The van der Waals surface area contributed by atoms with Gasteiger partial charge in [-0.2, -0.15) is 0 Å². The average Bonchev–Trinajstić information content (AvgIpc) is 2.44. The fourth-order valence-corrected chi connectivity index (χ4v) is 1.20. The molecule has 0 aliphatic rings. The van der Waals surface area contributed by atoms with Gasteiger partial charge in [-0.1, -0.05) is 6.07 Å². The maximum atomic E-state index is 12.3. The molecule has 0 atom stereocenters. The van der Waals surface area contributed by atoms with Crippen LogP contribution in [0.2, 0.25) is 0 Å². The van der Waals surface area contributed by atoms with E-state index in [1.54, 1.807) is 4.40 Å². The number of alkyl halides is 1. The molecule has 2 rings (SSSR count). The van der Waals surface area contributed by atoms with E-state index in [1.807, 2.05) is 24.4 Å². The third-order valence-corrected chi connectivity index (χ3v) is 1.84. The molecule has 2 heterocycles. The van der Waals surface area contributed by atoms with Crippen LogP contribution in [0.4, 0.5) is 4.39 Å². The number of imidazole rings is 1. The van der Waals surface area contributed by atoms with Crippen LogP contribution in [0.1, 0.15) is 11.4 Å². The summed E-state index contributed by atoms with van der Waals surface area (Å²) in [5.41, 5.74) is 1.80. The summed E-state index contributed by atoms with van der Waals surface area (Å²) in [6.07, 6.45) is 1.82. The molecule has 0 spiro atoms. The number of hydrogen-bond acceptors (Lipinski definition) is 1. The molecule has 0 fully saturated rings. The summed E-state index contributed by atoms with van der Waals surface area (Å²) in [4.78, 5) is 4.06. The van der Waals surface area contributed by atoms with Gasteiger partial charge in [0.2, 0.25) is 0 Å². The highest BCUT2D eigenvalue weighted by Gasteiger charge is 2.05. The van der Waals surface area contributed by atoms with Gasteiger partial charge < -0.3 is 4.40 Å². The summed E-state index contributed by atoms with van der Waals surface area (Å²) in [5, 5.41) is 0. The number of hydrogen-bond donors (Lipinski definition) is 0. The van der Waals surface area contributed by atoms with Crippen LogP contribution in [0.15, 0.2) is 24.4 Å². The van der Waals surface area contributed by atoms with Crippen molar-refractivity contribution in [3.63, 3.8) is 0 Å². The van der Waals surface area contributed by atoms with Gasteiger partial charge in [0.15, 0.2) is 0 Å². The Labute approximate surface area is 69.7 Å². The number of nitrogens with zero attached hydrogens (tertiary/aromatic N) is 2. The number of fused-ring (bicyclic) bond motifs is 1. The van der Waals surface area contributed by atoms with Gasteiger partial charge in [-0.25, -0.2) is 9.37 Å². The predicted octanol–water partition coefficient (Wildman–Crippen LogP) is 1.99. The van der Waals surface area contributed by atoms with Gasteiger partial charge in [0, 0.05) is 11.9 Å². The fourth-order valence-electron chi connectivity index (χ4n) is 1.20. The topological polar surface area (TPSA) is 17.3 Å². The third-order valence-electron chi connectivity index (χ3n) is 1.84. The van der Waals surface area contributed by atoms with Gasteiger partial charge >= 0.3 is 0 Å². The summed E-state index contributed by atoms with van der Waals surface area (Å²) in [5.74, 6) is 0.